The van der Waals surface area contributed by atoms with Gasteiger partial charge >= 0.3 is 0 Å². The van der Waals surface area contributed by atoms with E-state index in [2.05, 4.69) is 27.7 Å². The zero-order valence-electron chi connectivity index (χ0n) is 13.8. The molecule has 0 aromatic heterocycles. The molecule has 0 aliphatic rings. The summed E-state index contributed by atoms with van der Waals surface area (Å²) in [6.07, 6.45) is 1.10. The zero-order valence-corrected chi connectivity index (χ0v) is 13.8. The van der Waals surface area contributed by atoms with Crippen LogP contribution >= 0.6 is 0 Å². The molecule has 0 aliphatic carbocycles. The largest absolute Gasteiger partial charge is 0.400 e. The Morgan fingerprint density at radius 1 is 1.15 bits per heavy atom. The number of hydrogen-bond donors (Lipinski definition) is 2. The lowest BCUT2D eigenvalue weighted by Gasteiger charge is -2.33. The lowest BCUT2D eigenvalue weighted by Crippen LogP contribution is -3.20. The van der Waals surface area contributed by atoms with E-state index in [4.69, 9.17) is 5.11 Å². The van der Waals surface area contributed by atoms with E-state index < -0.39 is 0 Å². The molecule has 0 saturated heterocycles. The van der Waals surface area contributed by atoms with E-state index in [9.17, 15) is 4.79 Å². The number of aryl methyl sites for hydroxylation is 1. The Morgan fingerprint density at radius 2 is 1.65 bits per heavy atom. The number of likely N-dealkylation sites (N-methyl/N-ethyl adjacent to an activating group) is 1. The van der Waals surface area contributed by atoms with Crippen molar-refractivity contribution in [2.45, 2.75) is 46.6 Å². The summed E-state index contributed by atoms with van der Waals surface area (Å²) in [6, 6.07) is 7.90. The number of ketones is 1. The van der Waals surface area contributed by atoms with Crippen LogP contribution in [0.3, 0.4) is 0 Å². The molecule has 20 heavy (non-hydrogen) atoms. The van der Waals surface area contributed by atoms with E-state index in [1.54, 1.807) is 0 Å². The number of carbonyl (C=O) groups excluding carboxylic acids is 1. The highest BCUT2D eigenvalue weighted by Gasteiger charge is 2.37. The number of carbonyl (C=O) groups is 1. The van der Waals surface area contributed by atoms with Gasteiger partial charge < -0.3 is 10.0 Å². The van der Waals surface area contributed by atoms with Crippen molar-refractivity contribution in [2.24, 2.45) is 0 Å². The predicted molar refractivity (Wildman–Crippen MR) is 84.4 cm³/mol. The van der Waals surface area contributed by atoms with Crippen LogP contribution in [0.4, 0.5) is 0 Å². The minimum Gasteiger partial charge on any atom is -0.400 e. The molecule has 0 fully saturated rings. The minimum absolute atomic E-state index is 0.243. The second kappa shape index (κ2) is 8.88. The maximum Gasteiger partial charge on any atom is 0.222 e. The molecule has 1 atom stereocenters. The Bertz CT molecular complexity index is 396. The first-order valence-electron chi connectivity index (χ1n) is 7.34. The lowest BCUT2D eigenvalue weighted by atomic mass is 9.90. The number of aliphatic hydroxyl groups excluding tert-OH is 1. The molecule has 0 heterocycles. The molecule has 0 saturated carbocycles. The molecule has 0 spiro atoms. The third-order valence-electron chi connectivity index (χ3n) is 3.74. The Morgan fingerprint density at radius 3 is 2.05 bits per heavy atom. The first-order valence-corrected chi connectivity index (χ1v) is 7.34. The van der Waals surface area contributed by atoms with Gasteiger partial charge in [0.1, 0.15) is 0 Å². The molecule has 114 valence electrons. The van der Waals surface area contributed by atoms with Crippen LogP contribution in [0.5, 0.6) is 0 Å². The maximum absolute atomic E-state index is 12.6. The Kier molecular flexibility index (Phi) is 8.35. The third kappa shape index (κ3) is 4.73. The van der Waals surface area contributed by atoms with Crippen LogP contribution in [-0.4, -0.2) is 36.6 Å². The van der Waals surface area contributed by atoms with Crippen LogP contribution in [0.1, 0.15) is 50.0 Å². The minimum atomic E-state index is -0.347. The second-order valence-corrected chi connectivity index (χ2v) is 5.53. The fourth-order valence-corrected chi connectivity index (χ4v) is 2.46. The molecule has 3 nitrogen and oxygen atoms in total. The van der Waals surface area contributed by atoms with Crippen molar-refractivity contribution in [3.63, 3.8) is 0 Å². The molecule has 0 aliphatic heterocycles. The van der Waals surface area contributed by atoms with Crippen molar-refractivity contribution >= 4 is 5.78 Å². The summed E-state index contributed by atoms with van der Waals surface area (Å²) in [5.74, 6) is 0.243. The normalized spacial score (nSPS) is 12.3. The smallest absolute Gasteiger partial charge is 0.222 e. The number of rotatable bonds is 6. The Hall–Kier alpha value is -1.19. The monoisotopic (exact) mass is 280 g/mol. The topological polar surface area (TPSA) is 41.7 Å². The molecule has 3 heteroatoms. The van der Waals surface area contributed by atoms with Crippen molar-refractivity contribution in [3.8, 4) is 0 Å². The van der Waals surface area contributed by atoms with Crippen LogP contribution in [-0.2, 0) is 0 Å². The van der Waals surface area contributed by atoms with E-state index in [0.29, 0.717) is 0 Å². The summed E-state index contributed by atoms with van der Waals surface area (Å²) < 4.78 is 0. The van der Waals surface area contributed by atoms with Gasteiger partial charge in [0.05, 0.1) is 13.1 Å². The van der Waals surface area contributed by atoms with Gasteiger partial charge in [0, 0.05) is 12.7 Å². The number of benzene rings is 1. The number of quaternary nitrogens is 1. The van der Waals surface area contributed by atoms with Gasteiger partial charge in [-0.2, -0.15) is 0 Å². The molecular weight excluding hydrogens is 250 g/mol. The number of hydrogen-bond acceptors (Lipinski definition) is 2. The van der Waals surface area contributed by atoms with Gasteiger partial charge in [0.25, 0.3) is 0 Å². The SMILES string of the molecule is CCC[NH+](CC)C(C)(C)C(=O)c1ccc(C)cc1.CO. The van der Waals surface area contributed by atoms with Gasteiger partial charge in [-0.15, -0.1) is 0 Å². The number of nitrogens with one attached hydrogen (secondary N) is 1. The first kappa shape index (κ1) is 18.8. The lowest BCUT2D eigenvalue weighted by molar-refractivity contribution is -0.935. The van der Waals surface area contributed by atoms with Crippen LogP contribution in [0.15, 0.2) is 24.3 Å². The van der Waals surface area contributed by atoms with Gasteiger partial charge in [-0.25, -0.2) is 0 Å². The van der Waals surface area contributed by atoms with Crippen molar-refractivity contribution in [1.82, 2.24) is 0 Å². The van der Waals surface area contributed by atoms with Gasteiger partial charge in [0.15, 0.2) is 5.54 Å². The molecule has 2 N–H and O–H groups in total. The fourth-order valence-electron chi connectivity index (χ4n) is 2.46. The molecular formula is C17H30NO2+. The van der Waals surface area contributed by atoms with Crippen LogP contribution in [0.25, 0.3) is 0 Å². The molecule has 1 aromatic carbocycles. The summed E-state index contributed by atoms with van der Waals surface area (Å²) in [5, 5.41) is 7.00. The summed E-state index contributed by atoms with van der Waals surface area (Å²) in [7, 11) is 1.00. The zero-order chi connectivity index (χ0) is 15.8. The van der Waals surface area contributed by atoms with Crippen LogP contribution in [0.2, 0.25) is 0 Å². The molecule has 0 radical (unpaired) electrons. The summed E-state index contributed by atoms with van der Waals surface area (Å²) >= 11 is 0. The van der Waals surface area contributed by atoms with E-state index in [1.807, 2.05) is 31.2 Å². The molecule has 1 rings (SSSR count). The highest BCUT2D eigenvalue weighted by atomic mass is 16.2. The van der Waals surface area contributed by atoms with Crippen molar-refractivity contribution in [2.75, 3.05) is 20.2 Å². The average molecular weight is 280 g/mol. The van der Waals surface area contributed by atoms with Gasteiger partial charge in [-0.1, -0.05) is 36.8 Å². The van der Waals surface area contributed by atoms with E-state index >= 15 is 0 Å². The maximum atomic E-state index is 12.6. The first-order chi connectivity index (χ1) is 9.43. The Balaban J connectivity index is 0.00000172. The average Bonchev–Trinajstić information content (AvgIpc) is 2.46. The molecule has 1 aromatic rings. The standard InChI is InChI=1S/C16H25NO.CH4O/c1-6-12-17(7-2)16(4,5)15(18)14-10-8-13(3)9-11-14;1-2/h8-11H,6-7,12H2,1-5H3;2H,1H3/p+1. The molecule has 0 amide bonds. The van der Waals surface area contributed by atoms with Gasteiger partial charge in [0.2, 0.25) is 5.78 Å². The van der Waals surface area contributed by atoms with Gasteiger partial charge in [-0.3, -0.25) is 4.79 Å². The second-order valence-electron chi connectivity index (χ2n) is 5.53. The predicted octanol–water partition coefficient (Wildman–Crippen LogP) is 1.88. The number of aliphatic hydroxyl groups is 1. The summed E-state index contributed by atoms with van der Waals surface area (Å²) in [5.41, 5.74) is 1.67. The van der Waals surface area contributed by atoms with E-state index in [-0.39, 0.29) is 11.3 Å². The highest BCUT2D eigenvalue weighted by Crippen LogP contribution is 2.11. The van der Waals surface area contributed by atoms with Crippen molar-refractivity contribution in [3.05, 3.63) is 35.4 Å². The van der Waals surface area contributed by atoms with Crippen LogP contribution in [0, 0.1) is 6.92 Å². The third-order valence-corrected chi connectivity index (χ3v) is 3.74. The van der Waals surface area contributed by atoms with Gasteiger partial charge in [-0.05, 0) is 34.1 Å². The Labute approximate surface area is 123 Å². The van der Waals surface area contributed by atoms with Crippen molar-refractivity contribution in [1.29, 1.82) is 0 Å². The molecule has 1 unspecified atom stereocenters. The van der Waals surface area contributed by atoms with Crippen molar-refractivity contribution < 1.29 is 14.8 Å². The van der Waals surface area contributed by atoms with Crippen LogP contribution < -0.4 is 4.90 Å². The summed E-state index contributed by atoms with van der Waals surface area (Å²) in [4.78, 5) is 14.0. The quantitative estimate of drug-likeness (QED) is 0.781. The van der Waals surface area contributed by atoms with E-state index in [1.165, 1.54) is 10.5 Å². The van der Waals surface area contributed by atoms with E-state index in [0.717, 1.165) is 32.2 Å². The number of Topliss-reactive ketones (excluding diaryl/α,β-unsaturated/α-hetero) is 1. The fraction of sp³-hybridized carbons (Fsp3) is 0.588. The highest BCUT2D eigenvalue weighted by molar-refractivity contribution is 6.01. The summed E-state index contributed by atoms with van der Waals surface area (Å²) in [6.45, 7) is 12.5. The molecule has 0 bridgehead atoms.